The predicted octanol–water partition coefficient (Wildman–Crippen LogP) is 4.94. The summed E-state index contributed by atoms with van der Waals surface area (Å²) in [5.41, 5.74) is 3.63. The molecule has 6 nitrogen and oxygen atoms in total. The maximum absolute atomic E-state index is 12.8. The number of hydrogen-bond acceptors (Lipinski definition) is 4. The summed E-state index contributed by atoms with van der Waals surface area (Å²) in [6.07, 6.45) is 2.44. The molecule has 32 heavy (non-hydrogen) atoms. The molecule has 0 radical (unpaired) electrons. The summed E-state index contributed by atoms with van der Waals surface area (Å²) >= 11 is 0. The van der Waals surface area contributed by atoms with Gasteiger partial charge in [0.15, 0.2) is 5.76 Å². The third kappa shape index (κ3) is 4.75. The van der Waals surface area contributed by atoms with E-state index in [1.165, 1.54) is 0 Å². The number of hydrogen-bond donors (Lipinski definition) is 2. The van der Waals surface area contributed by atoms with Crippen molar-refractivity contribution in [2.75, 3.05) is 11.9 Å². The van der Waals surface area contributed by atoms with Crippen LogP contribution in [0.25, 0.3) is 22.8 Å². The van der Waals surface area contributed by atoms with Gasteiger partial charge < -0.3 is 15.1 Å². The largest absolute Gasteiger partial charge is 0.436 e. The van der Waals surface area contributed by atoms with Gasteiger partial charge in [-0.25, -0.2) is 4.98 Å². The zero-order chi connectivity index (χ0) is 22.3. The summed E-state index contributed by atoms with van der Waals surface area (Å²) < 4.78 is 5.91. The van der Waals surface area contributed by atoms with Crippen LogP contribution in [0.3, 0.4) is 0 Å². The quantitative estimate of drug-likeness (QED) is 0.439. The molecule has 0 spiro atoms. The molecule has 6 heteroatoms. The van der Waals surface area contributed by atoms with Crippen molar-refractivity contribution in [2.24, 2.45) is 0 Å². The first-order valence-electron chi connectivity index (χ1n) is 10.4. The van der Waals surface area contributed by atoms with E-state index < -0.39 is 0 Å². The third-order valence-electron chi connectivity index (χ3n) is 5.05. The van der Waals surface area contributed by atoms with Gasteiger partial charge in [0.1, 0.15) is 0 Å². The number of aromatic nitrogens is 1. The van der Waals surface area contributed by atoms with E-state index in [9.17, 15) is 9.59 Å². The highest BCUT2D eigenvalue weighted by molar-refractivity contribution is 6.03. The standard InChI is InChI=1S/C26H23N3O3/c1-2-18-10-6-9-15-22(18)29-24(30)17-27-25(31)20-13-7-8-14-21(20)26-28-16-23(32-26)19-11-4-3-5-12-19/h3-16H,2,17H2,1H3,(H,27,31)(H,29,30). The Balaban J connectivity index is 1.46. The van der Waals surface area contributed by atoms with E-state index in [-0.39, 0.29) is 18.4 Å². The summed E-state index contributed by atoms with van der Waals surface area (Å²) in [6, 6.07) is 24.3. The number of para-hydroxylation sites is 1. The van der Waals surface area contributed by atoms with Crippen LogP contribution < -0.4 is 10.6 Å². The highest BCUT2D eigenvalue weighted by atomic mass is 16.4. The van der Waals surface area contributed by atoms with Gasteiger partial charge in [0, 0.05) is 16.8 Å². The van der Waals surface area contributed by atoms with E-state index in [1.807, 2.05) is 67.6 Å². The molecule has 4 rings (SSSR count). The lowest BCUT2D eigenvalue weighted by atomic mass is 10.1. The van der Waals surface area contributed by atoms with Crippen LogP contribution >= 0.6 is 0 Å². The Kier molecular flexibility index (Phi) is 6.41. The number of nitrogens with zero attached hydrogens (tertiary/aromatic N) is 1. The fraction of sp³-hybridized carbons (Fsp3) is 0.115. The molecule has 0 saturated heterocycles. The van der Waals surface area contributed by atoms with Gasteiger partial charge in [-0.1, -0.05) is 67.6 Å². The van der Waals surface area contributed by atoms with Crippen LogP contribution in [0.4, 0.5) is 5.69 Å². The third-order valence-corrected chi connectivity index (χ3v) is 5.05. The highest BCUT2D eigenvalue weighted by Gasteiger charge is 2.17. The molecule has 2 amide bonds. The Bertz CT molecular complexity index is 1230. The Morgan fingerprint density at radius 1 is 0.906 bits per heavy atom. The number of nitrogens with one attached hydrogen (secondary N) is 2. The molecule has 160 valence electrons. The highest BCUT2D eigenvalue weighted by Crippen LogP contribution is 2.28. The molecule has 1 heterocycles. The Morgan fingerprint density at radius 2 is 1.62 bits per heavy atom. The van der Waals surface area contributed by atoms with Gasteiger partial charge in [-0.2, -0.15) is 0 Å². The molecule has 0 atom stereocenters. The zero-order valence-electron chi connectivity index (χ0n) is 17.7. The van der Waals surface area contributed by atoms with Crippen LogP contribution in [0.2, 0.25) is 0 Å². The Hall–Kier alpha value is -4.19. The maximum Gasteiger partial charge on any atom is 0.252 e. The number of aryl methyl sites for hydroxylation is 1. The summed E-state index contributed by atoms with van der Waals surface area (Å²) in [5.74, 6) is 0.291. The monoisotopic (exact) mass is 425 g/mol. The van der Waals surface area contributed by atoms with E-state index in [0.29, 0.717) is 22.8 Å². The minimum Gasteiger partial charge on any atom is -0.436 e. The molecule has 2 N–H and O–H groups in total. The maximum atomic E-state index is 12.8. The fourth-order valence-electron chi connectivity index (χ4n) is 3.40. The van der Waals surface area contributed by atoms with E-state index in [1.54, 1.807) is 24.4 Å². The van der Waals surface area contributed by atoms with Gasteiger partial charge in [0.2, 0.25) is 11.8 Å². The molecular weight excluding hydrogens is 402 g/mol. The van der Waals surface area contributed by atoms with Crippen molar-refractivity contribution in [3.05, 3.63) is 96.2 Å². The number of carbonyl (C=O) groups is 2. The topological polar surface area (TPSA) is 84.2 Å². The van der Waals surface area contributed by atoms with Gasteiger partial charge in [-0.05, 0) is 30.2 Å². The van der Waals surface area contributed by atoms with Crippen molar-refractivity contribution >= 4 is 17.5 Å². The van der Waals surface area contributed by atoms with Crippen molar-refractivity contribution in [3.8, 4) is 22.8 Å². The molecule has 0 bridgehead atoms. The van der Waals surface area contributed by atoms with Crippen molar-refractivity contribution in [1.82, 2.24) is 10.3 Å². The van der Waals surface area contributed by atoms with Crippen LogP contribution in [0, 0.1) is 0 Å². The minimum atomic E-state index is -0.376. The van der Waals surface area contributed by atoms with Crippen LogP contribution in [-0.2, 0) is 11.2 Å². The number of rotatable bonds is 7. The first-order valence-corrected chi connectivity index (χ1v) is 10.4. The number of amides is 2. The lowest BCUT2D eigenvalue weighted by Gasteiger charge is -2.11. The average molecular weight is 425 g/mol. The van der Waals surface area contributed by atoms with Crippen molar-refractivity contribution in [2.45, 2.75) is 13.3 Å². The lowest BCUT2D eigenvalue weighted by molar-refractivity contribution is -0.115. The molecule has 0 fully saturated rings. The Labute approximate surface area is 186 Å². The van der Waals surface area contributed by atoms with Gasteiger partial charge in [-0.3, -0.25) is 9.59 Å². The van der Waals surface area contributed by atoms with Crippen LogP contribution in [0.1, 0.15) is 22.8 Å². The van der Waals surface area contributed by atoms with Gasteiger partial charge >= 0.3 is 0 Å². The second-order valence-corrected chi connectivity index (χ2v) is 7.18. The average Bonchev–Trinajstić information content (AvgIpc) is 3.34. The van der Waals surface area contributed by atoms with Gasteiger partial charge in [0.05, 0.1) is 18.3 Å². The number of oxazole rings is 1. The van der Waals surface area contributed by atoms with Gasteiger partial charge in [-0.15, -0.1) is 0 Å². The smallest absolute Gasteiger partial charge is 0.252 e. The minimum absolute atomic E-state index is 0.147. The van der Waals surface area contributed by atoms with Crippen molar-refractivity contribution in [3.63, 3.8) is 0 Å². The normalized spacial score (nSPS) is 10.5. The van der Waals surface area contributed by atoms with E-state index in [2.05, 4.69) is 15.6 Å². The second kappa shape index (κ2) is 9.75. The molecule has 4 aromatic rings. The van der Waals surface area contributed by atoms with Crippen molar-refractivity contribution in [1.29, 1.82) is 0 Å². The molecule has 0 aliphatic heterocycles. The first-order chi connectivity index (χ1) is 15.7. The van der Waals surface area contributed by atoms with E-state index in [0.717, 1.165) is 23.2 Å². The predicted molar refractivity (Wildman–Crippen MR) is 124 cm³/mol. The summed E-state index contributed by atoms with van der Waals surface area (Å²) in [5, 5.41) is 5.54. The SMILES string of the molecule is CCc1ccccc1NC(=O)CNC(=O)c1ccccc1-c1ncc(-c2ccccc2)o1. The summed E-state index contributed by atoms with van der Waals surface area (Å²) in [4.78, 5) is 29.6. The van der Waals surface area contributed by atoms with Crippen LogP contribution in [-0.4, -0.2) is 23.3 Å². The molecule has 0 aliphatic rings. The first kappa shape index (κ1) is 21.1. The summed E-state index contributed by atoms with van der Waals surface area (Å²) in [7, 11) is 0. The number of carbonyl (C=O) groups excluding carboxylic acids is 2. The molecule has 1 aromatic heterocycles. The van der Waals surface area contributed by atoms with Crippen LogP contribution in [0.15, 0.2) is 89.5 Å². The van der Waals surface area contributed by atoms with E-state index >= 15 is 0 Å². The van der Waals surface area contributed by atoms with Crippen LogP contribution in [0.5, 0.6) is 0 Å². The Morgan fingerprint density at radius 3 is 2.44 bits per heavy atom. The molecule has 0 saturated carbocycles. The summed E-state index contributed by atoms with van der Waals surface area (Å²) in [6.45, 7) is 1.88. The zero-order valence-corrected chi connectivity index (χ0v) is 17.7. The fourth-order valence-corrected chi connectivity index (χ4v) is 3.40. The molecule has 0 aliphatic carbocycles. The molecule has 0 unspecified atom stereocenters. The number of benzene rings is 3. The second-order valence-electron chi connectivity index (χ2n) is 7.18. The molecule has 3 aromatic carbocycles. The van der Waals surface area contributed by atoms with Gasteiger partial charge in [0.25, 0.3) is 5.91 Å². The van der Waals surface area contributed by atoms with Crippen molar-refractivity contribution < 1.29 is 14.0 Å². The van der Waals surface area contributed by atoms with E-state index in [4.69, 9.17) is 4.42 Å². The number of anilines is 1. The molecular formula is C26H23N3O3. The lowest BCUT2D eigenvalue weighted by Crippen LogP contribution is -2.33.